The highest BCUT2D eigenvalue weighted by molar-refractivity contribution is 5.62. The molecule has 0 aromatic heterocycles. The van der Waals surface area contributed by atoms with Crippen LogP contribution < -0.4 is 9.47 Å². The van der Waals surface area contributed by atoms with E-state index in [1.807, 2.05) is 6.92 Å². The van der Waals surface area contributed by atoms with Crippen molar-refractivity contribution in [2.24, 2.45) is 5.92 Å². The molecule has 2 heterocycles. The van der Waals surface area contributed by atoms with Crippen LogP contribution in [-0.2, 0) is 16.6 Å². The van der Waals surface area contributed by atoms with Crippen LogP contribution in [0, 0.1) is 5.92 Å². The molecule has 2 aliphatic heterocycles. The van der Waals surface area contributed by atoms with E-state index >= 15 is 0 Å². The summed E-state index contributed by atoms with van der Waals surface area (Å²) in [6.45, 7) is 6.58. The smallest absolute Gasteiger partial charge is 0.165 e. The molecule has 0 amide bonds. The number of hydrogen-bond acceptors (Lipinski definition) is 4. The monoisotopic (exact) mass is 341 g/mol. The molecule has 4 nitrogen and oxygen atoms in total. The van der Waals surface area contributed by atoms with Crippen LogP contribution in [0.15, 0.2) is 24.3 Å². The van der Waals surface area contributed by atoms with E-state index in [0.29, 0.717) is 25.2 Å². The third kappa shape index (κ3) is 1.90. The van der Waals surface area contributed by atoms with Gasteiger partial charge < -0.3 is 19.1 Å². The highest BCUT2D eigenvalue weighted by Crippen LogP contribution is 2.62. The quantitative estimate of drug-likeness (QED) is 0.788. The fraction of sp³-hybridized carbons (Fsp3) is 0.619. The molecular formula is C21H27NO3. The molecule has 2 bridgehead atoms. The Hall–Kier alpha value is -1.52. The number of ether oxygens (including phenoxy) is 3. The summed E-state index contributed by atoms with van der Waals surface area (Å²) in [5.74, 6) is 2.39. The van der Waals surface area contributed by atoms with E-state index in [0.717, 1.165) is 30.9 Å². The summed E-state index contributed by atoms with van der Waals surface area (Å²) in [7, 11) is 2.27. The summed E-state index contributed by atoms with van der Waals surface area (Å²) in [5.41, 5.74) is 2.91. The molecule has 2 aliphatic carbocycles. The average Bonchev–Trinajstić information content (AvgIpc) is 2.96. The van der Waals surface area contributed by atoms with E-state index in [1.54, 1.807) is 0 Å². The van der Waals surface area contributed by atoms with Crippen molar-refractivity contribution in [3.8, 4) is 11.5 Å². The third-order valence-electron chi connectivity index (χ3n) is 6.77. The van der Waals surface area contributed by atoms with E-state index in [2.05, 4.69) is 43.2 Å². The van der Waals surface area contributed by atoms with Gasteiger partial charge in [-0.25, -0.2) is 0 Å². The first-order valence-electron chi connectivity index (χ1n) is 9.66. The molecule has 1 aromatic rings. The second kappa shape index (κ2) is 5.49. The molecule has 5 atom stereocenters. The zero-order valence-corrected chi connectivity index (χ0v) is 15.3. The van der Waals surface area contributed by atoms with Crippen molar-refractivity contribution in [3.05, 3.63) is 35.4 Å². The van der Waals surface area contributed by atoms with Crippen LogP contribution in [0.3, 0.4) is 0 Å². The van der Waals surface area contributed by atoms with Crippen molar-refractivity contribution < 1.29 is 14.2 Å². The van der Waals surface area contributed by atoms with Crippen molar-refractivity contribution in [1.29, 1.82) is 0 Å². The maximum Gasteiger partial charge on any atom is 0.165 e. The minimum absolute atomic E-state index is 0.0260. The molecule has 5 rings (SSSR count). The van der Waals surface area contributed by atoms with Gasteiger partial charge in [0.25, 0.3) is 0 Å². The zero-order valence-electron chi connectivity index (χ0n) is 15.3. The summed E-state index contributed by atoms with van der Waals surface area (Å²) in [5, 5.41) is 0. The number of likely N-dealkylation sites (N-methyl/N-ethyl adjacent to an activating group) is 1. The SMILES string of the molecule is CCOc1ccc2c3c1O[C@H]1[C@@H](OCC)C=C[C@H]4[C@@H](C2)N(C)CC[C@@]341. The van der Waals surface area contributed by atoms with Gasteiger partial charge in [-0.15, -0.1) is 0 Å². The van der Waals surface area contributed by atoms with E-state index in [4.69, 9.17) is 14.2 Å². The van der Waals surface area contributed by atoms with Crippen LogP contribution in [0.1, 0.15) is 31.4 Å². The lowest BCUT2D eigenvalue weighted by atomic mass is 9.53. The van der Waals surface area contributed by atoms with Gasteiger partial charge in [0.05, 0.1) is 6.61 Å². The van der Waals surface area contributed by atoms with Crippen LogP contribution in [0.2, 0.25) is 0 Å². The van der Waals surface area contributed by atoms with Gasteiger partial charge in [-0.2, -0.15) is 0 Å². The van der Waals surface area contributed by atoms with Crippen molar-refractivity contribution in [2.45, 2.75) is 50.4 Å². The molecule has 4 heteroatoms. The Labute approximate surface area is 149 Å². The van der Waals surface area contributed by atoms with Crippen LogP contribution >= 0.6 is 0 Å². The highest BCUT2D eigenvalue weighted by Gasteiger charge is 2.64. The molecule has 0 saturated carbocycles. The Morgan fingerprint density at radius 3 is 2.92 bits per heavy atom. The van der Waals surface area contributed by atoms with Crippen LogP contribution in [0.4, 0.5) is 0 Å². The largest absolute Gasteiger partial charge is 0.490 e. The van der Waals surface area contributed by atoms with Gasteiger partial charge in [0, 0.05) is 29.5 Å². The second-order valence-electron chi connectivity index (χ2n) is 7.77. The lowest BCUT2D eigenvalue weighted by molar-refractivity contribution is -0.0682. The molecule has 4 aliphatic rings. The van der Waals surface area contributed by atoms with Crippen LogP contribution in [-0.4, -0.2) is 50.0 Å². The first-order valence-corrected chi connectivity index (χ1v) is 9.66. The van der Waals surface area contributed by atoms with E-state index in [9.17, 15) is 0 Å². The van der Waals surface area contributed by atoms with Gasteiger partial charge >= 0.3 is 0 Å². The molecule has 0 N–H and O–H groups in total. The van der Waals surface area contributed by atoms with Crippen molar-refractivity contribution >= 4 is 0 Å². The Kier molecular flexibility index (Phi) is 3.45. The molecule has 0 unspecified atom stereocenters. The van der Waals surface area contributed by atoms with Crippen LogP contribution in [0.5, 0.6) is 11.5 Å². The molecule has 25 heavy (non-hydrogen) atoms. The topological polar surface area (TPSA) is 30.9 Å². The molecule has 1 saturated heterocycles. The molecule has 1 spiro atoms. The first-order chi connectivity index (χ1) is 12.2. The van der Waals surface area contributed by atoms with Gasteiger partial charge in [-0.1, -0.05) is 18.2 Å². The normalized spacial score (nSPS) is 37.6. The lowest BCUT2D eigenvalue weighted by Crippen LogP contribution is -2.65. The van der Waals surface area contributed by atoms with Gasteiger partial charge in [0.1, 0.15) is 12.2 Å². The predicted molar refractivity (Wildman–Crippen MR) is 96.5 cm³/mol. The maximum absolute atomic E-state index is 6.64. The molecule has 1 fully saturated rings. The van der Waals surface area contributed by atoms with E-state index < -0.39 is 0 Å². The summed E-state index contributed by atoms with van der Waals surface area (Å²) in [6.07, 6.45) is 6.98. The summed E-state index contributed by atoms with van der Waals surface area (Å²) < 4.78 is 18.7. The Bertz CT molecular complexity index is 730. The van der Waals surface area contributed by atoms with Crippen molar-refractivity contribution in [1.82, 2.24) is 4.90 Å². The summed E-state index contributed by atoms with van der Waals surface area (Å²) >= 11 is 0. The Morgan fingerprint density at radius 2 is 2.12 bits per heavy atom. The number of nitrogens with zero attached hydrogens (tertiary/aromatic N) is 1. The van der Waals surface area contributed by atoms with Gasteiger partial charge in [0.2, 0.25) is 0 Å². The van der Waals surface area contributed by atoms with Crippen molar-refractivity contribution in [2.75, 3.05) is 26.8 Å². The number of piperidine rings is 1. The fourth-order valence-electron chi connectivity index (χ4n) is 5.81. The van der Waals surface area contributed by atoms with Gasteiger partial charge in [0.15, 0.2) is 11.5 Å². The molecule has 1 aromatic carbocycles. The van der Waals surface area contributed by atoms with Crippen molar-refractivity contribution in [3.63, 3.8) is 0 Å². The summed E-state index contributed by atoms with van der Waals surface area (Å²) in [6, 6.07) is 4.92. The first kappa shape index (κ1) is 15.7. The fourth-order valence-corrected chi connectivity index (χ4v) is 5.81. The maximum atomic E-state index is 6.64. The number of benzene rings is 1. The minimum atomic E-state index is 0.0260. The highest BCUT2D eigenvalue weighted by atomic mass is 16.6. The zero-order chi connectivity index (χ0) is 17.2. The second-order valence-corrected chi connectivity index (χ2v) is 7.77. The molecule has 0 radical (unpaired) electrons. The van der Waals surface area contributed by atoms with E-state index in [1.165, 1.54) is 11.1 Å². The Balaban J connectivity index is 1.73. The lowest BCUT2D eigenvalue weighted by Gasteiger charge is -2.56. The van der Waals surface area contributed by atoms with Gasteiger partial charge in [-0.3, -0.25) is 0 Å². The van der Waals surface area contributed by atoms with Crippen LogP contribution in [0.25, 0.3) is 0 Å². The molecule has 134 valence electrons. The third-order valence-corrected chi connectivity index (χ3v) is 6.77. The molecular weight excluding hydrogens is 314 g/mol. The minimum Gasteiger partial charge on any atom is -0.490 e. The number of hydrogen-bond donors (Lipinski definition) is 0. The number of likely N-dealkylation sites (tertiary alicyclic amines) is 1. The van der Waals surface area contributed by atoms with E-state index in [-0.39, 0.29) is 17.6 Å². The standard InChI is InChI=1S/C21H27NO3/c1-4-23-16-8-6-13-12-15-14-7-9-17(24-5-2)20-21(14,10-11-22(15)3)18(13)19(16)25-20/h6-9,14-15,17,20H,4-5,10-12H2,1-3H3/t14-,15+,17-,20-,21-/m0/s1. The number of rotatable bonds is 4. The average molecular weight is 341 g/mol. The Morgan fingerprint density at radius 1 is 1.24 bits per heavy atom. The predicted octanol–water partition coefficient (Wildman–Crippen LogP) is 2.94. The van der Waals surface area contributed by atoms with Gasteiger partial charge in [-0.05, 0) is 51.9 Å². The summed E-state index contributed by atoms with van der Waals surface area (Å²) in [4.78, 5) is 2.54.